The third-order valence-electron chi connectivity index (χ3n) is 1.55. The fourth-order valence-corrected chi connectivity index (χ4v) is 0.884. The first-order chi connectivity index (χ1) is 6.65. The van der Waals surface area contributed by atoms with Crippen LogP contribution in [0.2, 0.25) is 0 Å². The van der Waals surface area contributed by atoms with Crippen LogP contribution in [0, 0.1) is 10.1 Å². The lowest BCUT2D eigenvalue weighted by molar-refractivity contribution is -0.384. The zero-order chi connectivity index (χ0) is 10.6. The second kappa shape index (κ2) is 4.11. The molecule has 0 radical (unpaired) electrons. The Balaban J connectivity index is 2.99. The average Bonchev–Trinajstić information content (AvgIpc) is 2.18. The molecule has 0 aromatic heterocycles. The van der Waals surface area contributed by atoms with Gasteiger partial charge < -0.3 is 0 Å². The van der Waals surface area contributed by atoms with Gasteiger partial charge in [-0.3, -0.25) is 14.9 Å². The zero-order valence-corrected chi connectivity index (χ0v) is 6.97. The Bertz CT molecular complexity index is 415. The Labute approximate surface area is 78.8 Å². The molecule has 0 fully saturated rings. The minimum absolute atomic E-state index is 0.100. The van der Waals surface area contributed by atoms with E-state index >= 15 is 0 Å². The lowest BCUT2D eigenvalue weighted by Gasteiger charge is -1.93. The number of nitrogens with zero attached hydrogens (tertiary/aromatic N) is 1. The van der Waals surface area contributed by atoms with Gasteiger partial charge in [0.1, 0.15) is 5.94 Å². The number of nitro groups is 1. The molecular formula is C9H5NO4. The van der Waals surface area contributed by atoms with E-state index in [1.165, 1.54) is 30.2 Å². The van der Waals surface area contributed by atoms with Gasteiger partial charge in [0.05, 0.1) is 11.0 Å². The van der Waals surface area contributed by atoms with Crippen LogP contribution < -0.4 is 0 Å². The van der Waals surface area contributed by atoms with Crippen molar-refractivity contribution in [3.05, 3.63) is 46.0 Å². The SMILES string of the molecule is O=C=CC(=O)c1ccc([N+](=O)[O-])cc1. The van der Waals surface area contributed by atoms with Gasteiger partial charge in [-0.2, -0.15) is 0 Å². The summed E-state index contributed by atoms with van der Waals surface area (Å²) in [6.45, 7) is 0. The predicted molar refractivity (Wildman–Crippen MR) is 47.7 cm³/mol. The zero-order valence-electron chi connectivity index (χ0n) is 6.97. The molecule has 0 unspecified atom stereocenters. The third-order valence-corrected chi connectivity index (χ3v) is 1.55. The molecule has 1 aromatic carbocycles. The average molecular weight is 191 g/mol. The van der Waals surface area contributed by atoms with E-state index in [0.717, 1.165) is 6.08 Å². The molecule has 0 amide bonds. The molecule has 0 atom stereocenters. The maximum absolute atomic E-state index is 11.0. The predicted octanol–water partition coefficient (Wildman–Crippen LogP) is 1.17. The molecule has 70 valence electrons. The number of hydrogen-bond donors (Lipinski definition) is 0. The molecule has 5 heteroatoms. The summed E-state index contributed by atoms with van der Waals surface area (Å²) in [5, 5.41) is 10.3. The largest absolute Gasteiger partial charge is 0.288 e. The van der Waals surface area contributed by atoms with Crippen molar-refractivity contribution in [2.24, 2.45) is 0 Å². The fraction of sp³-hybridized carbons (Fsp3) is 0. The summed E-state index contributed by atoms with van der Waals surface area (Å²) < 4.78 is 0. The van der Waals surface area contributed by atoms with E-state index in [-0.39, 0.29) is 11.3 Å². The highest BCUT2D eigenvalue weighted by Crippen LogP contribution is 2.12. The molecular weight excluding hydrogens is 186 g/mol. The first-order valence-electron chi connectivity index (χ1n) is 3.65. The molecule has 0 aliphatic rings. The molecule has 5 nitrogen and oxygen atoms in total. The first-order valence-corrected chi connectivity index (χ1v) is 3.65. The van der Waals surface area contributed by atoms with Gasteiger partial charge in [0.2, 0.25) is 0 Å². The molecule has 0 saturated heterocycles. The summed E-state index contributed by atoms with van der Waals surface area (Å²) in [6.07, 6.45) is 0.737. The summed E-state index contributed by atoms with van der Waals surface area (Å²) in [5.41, 5.74) is 0.121. The quantitative estimate of drug-likeness (QED) is 0.236. The second-order valence-corrected chi connectivity index (χ2v) is 2.43. The number of benzene rings is 1. The van der Waals surface area contributed by atoms with Crippen LogP contribution in [0.25, 0.3) is 0 Å². The highest BCUT2D eigenvalue weighted by atomic mass is 16.6. The van der Waals surface area contributed by atoms with Gasteiger partial charge in [0, 0.05) is 17.7 Å². The van der Waals surface area contributed by atoms with Gasteiger partial charge in [0.25, 0.3) is 5.69 Å². The van der Waals surface area contributed by atoms with Crippen LogP contribution in [0.4, 0.5) is 5.69 Å². The van der Waals surface area contributed by atoms with Crippen molar-refractivity contribution in [3.8, 4) is 0 Å². The number of nitro benzene ring substituents is 1. The molecule has 0 aliphatic heterocycles. The van der Waals surface area contributed by atoms with Crippen molar-refractivity contribution in [2.45, 2.75) is 0 Å². The van der Waals surface area contributed by atoms with Crippen molar-refractivity contribution in [1.29, 1.82) is 0 Å². The molecule has 1 aromatic rings. The summed E-state index contributed by atoms with van der Waals surface area (Å²) in [4.78, 5) is 30.6. The van der Waals surface area contributed by atoms with Crippen LogP contribution in [-0.2, 0) is 4.79 Å². The highest BCUT2D eigenvalue weighted by Gasteiger charge is 2.06. The van der Waals surface area contributed by atoms with Gasteiger partial charge in [-0.25, -0.2) is 4.79 Å². The number of carbonyl (C=O) groups is 1. The lowest BCUT2D eigenvalue weighted by Crippen LogP contribution is -1.95. The monoisotopic (exact) mass is 191 g/mol. The van der Waals surface area contributed by atoms with Crippen LogP contribution in [0.15, 0.2) is 30.3 Å². The van der Waals surface area contributed by atoms with Crippen LogP contribution in [0.1, 0.15) is 10.4 Å². The number of rotatable bonds is 3. The lowest BCUT2D eigenvalue weighted by atomic mass is 10.1. The molecule has 1 rings (SSSR count). The minimum atomic E-state index is -0.566. The van der Waals surface area contributed by atoms with E-state index in [4.69, 9.17) is 0 Å². The molecule has 0 spiro atoms. The Morgan fingerprint density at radius 1 is 1.36 bits per heavy atom. The molecule has 0 saturated carbocycles. The van der Waals surface area contributed by atoms with Gasteiger partial charge in [-0.15, -0.1) is 0 Å². The van der Waals surface area contributed by atoms with Gasteiger partial charge in [-0.1, -0.05) is 0 Å². The maximum Gasteiger partial charge on any atom is 0.269 e. The van der Waals surface area contributed by atoms with Gasteiger partial charge in [-0.05, 0) is 12.1 Å². The normalized spacial score (nSPS) is 8.86. The number of ketones is 1. The molecule has 0 heterocycles. The number of carbonyl (C=O) groups excluding carboxylic acids is 2. The Morgan fingerprint density at radius 3 is 2.36 bits per heavy atom. The standard InChI is InChI=1S/C9H5NO4/c11-6-5-9(12)7-1-3-8(4-2-7)10(13)14/h1-5H. The van der Waals surface area contributed by atoms with Crippen LogP contribution in [0.3, 0.4) is 0 Å². The number of allylic oxidation sites excluding steroid dienone is 1. The topological polar surface area (TPSA) is 77.3 Å². The maximum atomic E-state index is 11.0. The Kier molecular flexibility index (Phi) is 2.89. The fourth-order valence-electron chi connectivity index (χ4n) is 0.884. The molecule has 0 N–H and O–H groups in total. The van der Waals surface area contributed by atoms with E-state index in [0.29, 0.717) is 0 Å². The summed E-state index contributed by atoms with van der Waals surface area (Å²) in [7, 11) is 0. The Hall–Kier alpha value is -2.26. The summed E-state index contributed by atoms with van der Waals surface area (Å²) in [5.74, 6) is 0.826. The van der Waals surface area contributed by atoms with E-state index in [1.807, 2.05) is 0 Å². The van der Waals surface area contributed by atoms with Crippen molar-refractivity contribution in [1.82, 2.24) is 0 Å². The smallest absolute Gasteiger partial charge is 0.269 e. The molecule has 14 heavy (non-hydrogen) atoms. The Morgan fingerprint density at radius 2 is 1.93 bits per heavy atom. The van der Waals surface area contributed by atoms with E-state index < -0.39 is 10.7 Å². The van der Waals surface area contributed by atoms with Crippen molar-refractivity contribution in [2.75, 3.05) is 0 Å². The van der Waals surface area contributed by atoms with Crippen molar-refractivity contribution >= 4 is 17.4 Å². The van der Waals surface area contributed by atoms with Gasteiger partial charge in [0.15, 0.2) is 5.78 Å². The second-order valence-electron chi connectivity index (χ2n) is 2.43. The van der Waals surface area contributed by atoms with Crippen molar-refractivity contribution in [3.63, 3.8) is 0 Å². The number of hydrogen-bond acceptors (Lipinski definition) is 4. The third kappa shape index (κ3) is 2.12. The molecule has 0 aliphatic carbocycles. The minimum Gasteiger partial charge on any atom is -0.288 e. The van der Waals surface area contributed by atoms with E-state index in [1.54, 1.807) is 0 Å². The summed E-state index contributed by atoms with van der Waals surface area (Å²) >= 11 is 0. The van der Waals surface area contributed by atoms with E-state index in [2.05, 4.69) is 0 Å². The number of non-ortho nitro benzene ring substituents is 1. The molecule has 0 bridgehead atoms. The van der Waals surface area contributed by atoms with Crippen LogP contribution in [0.5, 0.6) is 0 Å². The van der Waals surface area contributed by atoms with E-state index in [9.17, 15) is 19.7 Å². The first kappa shape index (κ1) is 9.83. The van der Waals surface area contributed by atoms with Crippen molar-refractivity contribution < 1.29 is 14.5 Å². The highest BCUT2D eigenvalue weighted by molar-refractivity contribution is 6.08. The summed E-state index contributed by atoms with van der Waals surface area (Å²) in [6, 6.07) is 4.97. The van der Waals surface area contributed by atoms with Crippen LogP contribution >= 0.6 is 0 Å². The van der Waals surface area contributed by atoms with Gasteiger partial charge >= 0.3 is 0 Å². The van der Waals surface area contributed by atoms with Crippen LogP contribution in [-0.4, -0.2) is 16.6 Å².